The van der Waals surface area contributed by atoms with Gasteiger partial charge in [0.05, 0.1) is 16.4 Å². The highest BCUT2D eigenvalue weighted by Crippen LogP contribution is 2.16. The first-order chi connectivity index (χ1) is 9.49. The normalized spacial score (nSPS) is 10.3. The maximum absolute atomic E-state index is 13.4. The molecule has 1 amide bonds. The van der Waals surface area contributed by atoms with Crippen LogP contribution in [0.4, 0.5) is 10.1 Å². The number of carbonyl (C=O) groups excluding carboxylic acids is 1. The minimum absolute atomic E-state index is 0.0572. The number of carbonyl (C=O) groups is 1. The lowest BCUT2D eigenvalue weighted by molar-refractivity contribution is -0.117. The van der Waals surface area contributed by atoms with Gasteiger partial charge in [0.15, 0.2) is 0 Å². The van der Waals surface area contributed by atoms with Crippen LogP contribution in [0.5, 0.6) is 0 Å². The fourth-order valence-electron chi connectivity index (χ4n) is 1.45. The van der Waals surface area contributed by atoms with Crippen molar-refractivity contribution >= 4 is 43.5 Å². The van der Waals surface area contributed by atoms with Gasteiger partial charge >= 0.3 is 0 Å². The first kappa shape index (κ1) is 14.9. The molecule has 1 heterocycles. The van der Waals surface area contributed by atoms with E-state index in [1.54, 1.807) is 6.07 Å². The van der Waals surface area contributed by atoms with E-state index in [1.807, 2.05) is 0 Å². The second-order valence-corrected chi connectivity index (χ2v) is 5.44. The lowest BCUT2D eigenvalue weighted by atomic mass is 10.3. The van der Waals surface area contributed by atoms with Crippen LogP contribution in [0.2, 0.25) is 0 Å². The molecule has 0 unspecified atom stereocenters. The zero-order valence-electron chi connectivity index (χ0n) is 9.94. The summed E-state index contributed by atoms with van der Waals surface area (Å²) in [5.41, 5.74) is -0.398. The number of para-hydroxylation sites is 1. The predicted octanol–water partition coefficient (Wildman–Crippen LogP) is 2.55. The molecule has 1 aromatic heterocycles. The van der Waals surface area contributed by atoms with E-state index in [4.69, 9.17) is 0 Å². The zero-order chi connectivity index (χ0) is 14.7. The number of anilines is 1. The molecule has 0 aliphatic carbocycles. The molecule has 0 saturated heterocycles. The fraction of sp³-hybridized carbons (Fsp3) is 0.0833. The van der Waals surface area contributed by atoms with E-state index < -0.39 is 17.3 Å². The van der Waals surface area contributed by atoms with Crippen molar-refractivity contribution in [2.75, 3.05) is 5.32 Å². The molecule has 0 atom stereocenters. The third-order valence-corrected chi connectivity index (χ3v) is 4.28. The molecule has 0 aliphatic rings. The van der Waals surface area contributed by atoms with Gasteiger partial charge in [0, 0.05) is 0 Å². The van der Waals surface area contributed by atoms with Crippen molar-refractivity contribution < 1.29 is 9.18 Å². The Balaban J connectivity index is 2.15. The molecule has 104 valence electrons. The summed E-state index contributed by atoms with van der Waals surface area (Å²) in [6, 6.07) is 5.78. The smallest absolute Gasteiger partial charge is 0.282 e. The SMILES string of the molecule is O=C(Cn1ncc(Br)c(Br)c1=O)Nc1ccccc1F. The van der Waals surface area contributed by atoms with Gasteiger partial charge in [-0.2, -0.15) is 5.10 Å². The summed E-state index contributed by atoms with van der Waals surface area (Å²) in [6.45, 7) is -0.307. The molecule has 0 radical (unpaired) electrons. The number of nitrogens with zero attached hydrogens (tertiary/aromatic N) is 2. The Morgan fingerprint density at radius 2 is 2.05 bits per heavy atom. The molecule has 2 aromatic rings. The number of amides is 1. The van der Waals surface area contributed by atoms with Crippen LogP contribution in [0.3, 0.4) is 0 Å². The van der Waals surface area contributed by atoms with E-state index in [0.29, 0.717) is 4.47 Å². The number of nitrogens with one attached hydrogen (secondary N) is 1. The van der Waals surface area contributed by atoms with Crippen molar-refractivity contribution in [2.45, 2.75) is 6.54 Å². The Morgan fingerprint density at radius 3 is 2.75 bits per heavy atom. The van der Waals surface area contributed by atoms with Gasteiger partial charge < -0.3 is 5.32 Å². The van der Waals surface area contributed by atoms with Gasteiger partial charge in [-0.1, -0.05) is 12.1 Å². The minimum Gasteiger partial charge on any atom is -0.322 e. The summed E-state index contributed by atoms with van der Waals surface area (Å²) in [6.07, 6.45) is 1.39. The molecule has 8 heteroatoms. The van der Waals surface area contributed by atoms with Crippen molar-refractivity contribution in [3.05, 3.63) is 55.6 Å². The summed E-state index contributed by atoms with van der Waals surface area (Å²) >= 11 is 6.22. The number of benzene rings is 1. The molecule has 2 rings (SSSR count). The topological polar surface area (TPSA) is 64.0 Å². The molecular weight excluding hydrogens is 397 g/mol. The van der Waals surface area contributed by atoms with Crippen LogP contribution in [-0.4, -0.2) is 15.7 Å². The first-order valence-corrected chi connectivity index (χ1v) is 7.03. The van der Waals surface area contributed by atoms with Gasteiger partial charge in [-0.25, -0.2) is 9.07 Å². The van der Waals surface area contributed by atoms with Crippen LogP contribution >= 0.6 is 31.9 Å². The first-order valence-electron chi connectivity index (χ1n) is 5.44. The van der Waals surface area contributed by atoms with E-state index in [0.717, 1.165) is 4.68 Å². The van der Waals surface area contributed by atoms with Crippen molar-refractivity contribution in [3.63, 3.8) is 0 Å². The monoisotopic (exact) mass is 403 g/mol. The highest BCUT2D eigenvalue weighted by molar-refractivity contribution is 9.13. The number of halogens is 3. The largest absolute Gasteiger partial charge is 0.322 e. The van der Waals surface area contributed by atoms with Gasteiger partial charge in [-0.15, -0.1) is 0 Å². The lowest BCUT2D eigenvalue weighted by Crippen LogP contribution is -2.30. The van der Waals surface area contributed by atoms with Gasteiger partial charge in [0.25, 0.3) is 5.56 Å². The number of aromatic nitrogens is 2. The molecule has 0 saturated carbocycles. The van der Waals surface area contributed by atoms with Crippen LogP contribution in [-0.2, 0) is 11.3 Å². The quantitative estimate of drug-likeness (QED) is 0.854. The van der Waals surface area contributed by atoms with E-state index in [-0.39, 0.29) is 16.7 Å². The Labute approximate surface area is 130 Å². The van der Waals surface area contributed by atoms with Crippen LogP contribution < -0.4 is 10.9 Å². The van der Waals surface area contributed by atoms with Crippen molar-refractivity contribution in [1.82, 2.24) is 9.78 Å². The second-order valence-electron chi connectivity index (χ2n) is 3.80. The van der Waals surface area contributed by atoms with Gasteiger partial charge in [0.1, 0.15) is 16.8 Å². The second kappa shape index (κ2) is 6.27. The van der Waals surface area contributed by atoms with E-state index in [1.165, 1.54) is 24.4 Å². The van der Waals surface area contributed by atoms with Gasteiger partial charge in [-0.05, 0) is 44.0 Å². The standard InChI is InChI=1S/C12H8Br2FN3O2/c13-7-5-16-18(12(20)11(7)14)6-10(19)17-9-4-2-1-3-8(9)15/h1-5H,6H2,(H,17,19). The van der Waals surface area contributed by atoms with Crippen LogP contribution in [0.15, 0.2) is 44.2 Å². The summed E-state index contributed by atoms with van der Waals surface area (Å²) in [5, 5.41) is 6.19. The minimum atomic E-state index is -0.543. The molecule has 1 aromatic carbocycles. The van der Waals surface area contributed by atoms with E-state index >= 15 is 0 Å². The highest BCUT2D eigenvalue weighted by Gasteiger charge is 2.11. The van der Waals surface area contributed by atoms with E-state index in [2.05, 4.69) is 42.3 Å². The molecular formula is C12H8Br2FN3O2. The number of rotatable bonds is 3. The molecule has 0 bridgehead atoms. The van der Waals surface area contributed by atoms with Crippen LogP contribution in [0, 0.1) is 5.82 Å². The molecule has 1 N–H and O–H groups in total. The third-order valence-electron chi connectivity index (χ3n) is 2.38. The van der Waals surface area contributed by atoms with Gasteiger partial charge in [-0.3, -0.25) is 9.59 Å². The molecule has 0 spiro atoms. The number of hydrogen-bond donors (Lipinski definition) is 1. The summed E-state index contributed by atoms with van der Waals surface area (Å²) in [7, 11) is 0. The summed E-state index contributed by atoms with van der Waals surface area (Å²) in [4.78, 5) is 23.6. The predicted molar refractivity (Wildman–Crippen MR) is 78.9 cm³/mol. The molecule has 5 nitrogen and oxygen atoms in total. The van der Waals surface area contributed by atoms with Crippen LogP contribution in [0.25, 0.3) is 0 Å². The summed E-state index contributed by atoms with van der Waals surface area (Å²) < 4.78 is 15.1. The molecule has 0 aliphatic heterocycles. The zero-order valence-corrected chi connectivity index (χ0v) is 13.1. The third kappa shape index (κ3) is 3.31. The summed E-state index contributed by atoms with van der Waals surface area (Å²) in [5.74, 6) is -1.09. The van der Waals surface area contributed by atoms with Crippen molar-refractivity contribution in [1.29, 1.82) is 0 Å². The van der Waals surface area contributed by atoms with Crippen LogP contribution in [0.1, 0.15) is 0 Å². The number of hydrogen-bond acceptors (Lipinski definition) is 3. The fourth-order valence-corrected chi connectivity index (χ4v) is 2.01. The highest BCUT2D eigenvalue weighted by atomic mass is 79.9. The average molecular weight is 405 g/mol. The maximum atomic E-state index is 13.4. The maximum Gasteiger partial charge on any atom is 0.282 e. The molecule has 0 fully saturated rings. The Kier molecular flexibility index (Phi) is 4.66. The van der Waals surface area contributed by atoms with Crippen molar-refractivity contribution in [3.8, 4) is 0 Å². The molecule has 20 heavy (non-hydrogen) atoms. The Hall–Kier alpha value is -1.54. The van der Waals surface area contributed by atoms with E-state index in [9.17, 15) is 14.0 Å². The van der Waals surface area contributed by atoms with Gasteiger partial charge in [0.2, 0.25) is 5.91 Å². The lowest BCUT2D eigenvalue weighted by Gasteiger charge is -2.08. The van der Waals surface area contributed by atoms with Crippen molar-refractivity contribution in [2.24, 2.45) is 0 Å². The average Bonchev–Trinajstić information content (AvgIpc) is 2.42. The Bertz CT molecular complexity index is 718. The Morgan fingerprint density at radius 1 is 1.35 bits per heavy atom.